The first kappa shape index (κ1) is 23.7. The second kappa shape index (κ2) is 8.43. The fraction of sp³-hybridized carbons (Fsp3) is 0.0500. The fourth-order valence-corrected chi connectivity index (χ4v) is 4.53. The number of hydrogen-bond donors (Lipinski definition) is 4. The van der Waals surface area contributed by atoms with Crippen molar-refractivity contribution in [3.63, 3.8) is 0 Å². The predicted octanol–water partition coefficient (Wildman–Crippen LogP) is 2.76. The molecular weight excluding hydrogens is 498 g/mol. The predicted molar refractivity (Wildman–Crippen MR) is 114 cm³/mol. The van der Waals surface area contributed by atoms with Gasteiger partial charge < -0.3 is 21.1 Å². The molecule has 35 heavy (non-hydrogen) atoms. The van der Waals surface area contributed by atoms with E-state index < -0.39 is 67.0 Å². The molecule has 2 heterocycles. The Kier molecular flexibility index (Phi) is 5.72. The summed E-state index contributed by atoms with van der Waals surface area (Å²) < 4.78 is 84.8. The summed E-state index contributed by atoms with van der Waals surface area (Å²) in [5.41, 5.74) is 1.94. The van der Waals surface area contributed by atoms with Gasteiger partial charge in [0, 0.05) is 18.3 Å². The van der Waals surface area contributed by atoms with Crippen LogP contribution in [0.3, 0.4) is 0 Å². The monoisotopic (exact) mass is 511 g/mol. The Bertz CT molecular complexity index is 1520. The highest BCUT2D eigenvalue weighted by Crippen LogP contribution is 2.42. The quantitative estimate of drug-likeness (QED) is 0.369. The summed E-state index contributed by atoms with van der Waals surface area (Å²) in [5, 5.41) is 12.0. The van der Waals surface area contributed by atoms with E-state index in [9.17, 15) is 36.3 Å². The van der Waals surface area contributed by atoms with Gasteiger partial charge in [-0.25, -0.2) is 35.8 Å². The number of anilines is 4. The van der Waals surface area contributed by atoms with Gasteiger partial charge in [-0.05, 0) is 18.2 Å². The number of amides is 1. The number of carbonyl (C=O) groups is 2. The molecule has 0 bridgehead atoms. The minimum atomic E-state index is -4.95. The minimum absolute atomic E-state index is 0.00364. The number of nitrogens with two attached hydrogens (primary N) is 1. The van der Waals surface area contributed by atoms with E-state index in [4.69, 9.17) is 5.73 Å². The highest BCUT2D eigenvalue weighted by molar-refractivity contribution is 7.92. The van der Waals surface area contributed by atoms with Crippen molar-refractivity contribution in [2.24, 2.45) is 5.73 Å². The van der Waals surface area contributed by atoms with Crippen LogP contribution in [0.2, 0.25) is 0 Å². The number of hydrogen-bond acceptors (Lipinski definition) is 7. The van der Waals surface area contributed by atoms with E-state index in [0.29, 0.717) is 18.2 Å². The summed E-state index contributed by atoms with van der Waals surface area (Å²) >= 11 is 0. The maximum absolute atomic E-state index is 15.3. The van der Waals surface area contributed by atoms with Crippen molar-refractivity contribution < 1.29 is 40.7 Å². The number of carboxylic acid groups (broad SMARTS) is 1. The lowest BCUT2D eigenvalue weighted by atomic mass is 10.1. The topological polar surface area (TPSA) is 155 Å². The van der Waals surface area contributed by atoms with Crippen molar-refractivity contribution in [3.05, 3.63) is 70.9 Å². The third-order valence-electron chi connectivity index (χ3n) is 4.96. The van der Waals surface area contributed by atoms with E-state index in [1.165, 1.54) is 0 Å². The maximum Gasteiger partial charge on any atom is 0.337 e. The number of benzene rings is 2. The Hall–Kier alpha value is -4.40. The number of carbonyl (C=O) groups excluding carboxylic acids is 1. The number of aromatic nitrogens is 1. The molecule has 0 atom stereocenters. The van der Waals surface area contributed by atoms with Crippen LogP contribution in [0.15, 0.2) is 41.4 Å². The third kappa shape index (κ3) is 4.16. The number of fused-ring (bicyclic) bond motifs is 1. The molecular formula is C20H13F4N5O5S. The SMILES string of the molecule is NC(=O)c1c(F)cc(N2CNc3ncc(C(=O)O)cc32)c(NS(=O)(=O)c2ccc(F)cc2F)c1F. The van der Waals surface area contributed by atoms with E-state index in [2.05, 4.69) is 10.3 Å². The molecule has 0 radical (unpaired) electrons. The zero-order valence-corrected chi connectivity index (χ0v) is 18.0. The molecule has 0 fully saturated rings. The fourth-order valence-electron chi connectivity index (χ4n) is 3.39. The number of aromatic carboxylic acids is 1. The van der Waals surface area contributed by atoms with Crippen molar-refractivity contribution in [1.29, 1.82) is 0 Å². The second-order valence-electron chi connectivity index (χ2n) is 7.15. The van der Waals surface area contributed by atoms with Gasteiger partial charge in [-0.1, -0.05) is 0 Å². The van der Waals surface area contributed by atoms with Gasteiger partial charge in [-0.2, -0.15) is 0 Å². The number of pyridine rings is 1. The van der Waals surface area contributed by atoms with Gasteiger partial charge in [0.2, 0.25) is 0 Å². The van der Waals surface area contributed by atoms with E-state index in [1.807, 2.05) is 0 Å². The number of rotatable bonds is 6. The first-order valence-corrected chi connectivity index (χ1v) is 10.9. The summed E-state index contributed by atoms with van der Waals surface area (Å²) in [7, 11) is -4.95. The highest BCUT2D eigenvalue weighted by atomic mass is 32.2. The minimum Gasteiger partial charge on any atom is -0.478 e. The standard InChI is InChI=1S/C20H13F4N5O5S/c21-9-1-2-14(10(22)4-9)35(33,34)28-17-12(5-11(23)15(16(17)24)18(25)30)29-7-27-19-13(29)3-8(6-26-19)20(31)32/h1-6,28H,7H2,(H2,25,30)(H,26,27)(H,31,32). The third-order valence-corrected chi connectivity index (χ3v) is 6.35. The molecule has 1 aliphatic heterocycles. The molecule has 5 N–H and O–H groups in total. The second-order valence-corrected chi connectivity index (χ2v) is 8.80. The molecule has 1 aliphatic rings. The van der Waals surface area contributed by atoms with Crippen LogP contribution in [-0.4, -0.2) is 37.1 Å². The Balaban J connectivity index is 1.92. The van der Waals surface area contributed by atoms with Gasteiger partial charge in [-0.15, -0.1) is 0 Å². The Morgan fingerprint density at radius 1 is 1.09 bits per heavy atom. The van der Waals surface area contributed by atoms with Gasteiger partial charge in [0.05, 0.1) is 23.6 Å². The number of nitrogens with zero attached hydrogens (tertiary/aromatic N) is 2. The Morgan fingerprint density at radius 2 is 1.80 bits per heavy atom. The van der Waals surface area contributed by atoms with E-state index in [-0.39, 0.29) is 29.8 Å². The summed E-state index contributed by atoms with van der Waals surface area (Å²) in [5.74, 6) is -8.55. The number of halogens is 4. The van der Waals surface area contributed by atoms with Crippen molar-refractivity contribution in [2.45, 2.75) is 4.90 Å². The van der Waals surface area contributed by atoms with Crippen molar-refractivity contribution in [3.8, 4) is 0 Å². The highest BCUT2D eigenvalue weighted by Gasteiger charge is 2.32. The largest absolute Gasteiger partial charge is 0.478 e. The van der Waals surface area contributed by atoms with Crippen LogP contribution < -0.4 is 20.7 Å². The number of carboxylic acids is 1. The maximum atomic E-state index is 15.3. The first-order chi connectivity index (χ1) is 16.4. The van der Waals surface area contributed by atoms with Crippen LogP contribution in [0, 0.1) is 23.3 Å². The van der Waals surface area contributed by atoms with E-state index >= 15 is 4.39 Å². The average Bonchev–Trinajstić information content (AvgIpc) is 3.18. The van der Waals surface area contributed by atoms with E-state index in [1.54, 1.807) is 4.72 Å². The molecule has 0 saturated carbocycles. The van der Waals surface area contributed by atoms with Gasteiger partial charge >= 0.3 is 5.97 Å². The lowest BCUT2D eigenvalue weighted by molar-refractivity contribution is 0.0696. The Labute approximate surface area is 194 Å². The molecule has 1 aromatic heterocycles. The molecule has 0 unspecified atom stereocenters. The molecule has 1 amide bonds. The molecule has 0 aliphatic carbocycles. The van der Waals surface area contributed by atoms with Gasteiger partial charge in [0.25, 0.3) is 15.9 Å². The van der Waals surface area contributed by atoms with Crippen LogP contribution in [0.1, 0.15) is 20.7 Å². The normalized spacial score (nSPS) is 12.7. The molecule has 0 saturated heterocycles. The van der Waals surface area contributed by atoms with Gasteiger partial charge in [0.1, 0.15) is 33.6 Å². The van der Waals surface area contributed by atoms with Crippen LogP contribution in [0.25, 0.3) is 0 Å². The number of sulfonamides is 1. The lowest BCUT2D eigenvalue weighted by Crippen LogP contribution is -2.25. The molecule has 0 spiro atoms. The molecule has 4 rings (SSSR count). The molecule has 3 aromatic rings. The van der Waals surface area contributed by atoms with Crippen LogP contribution in [-0.2, 0) is 10.0 Å². The van der Waals surface area contributed by atoms with Gasteiger partial charge in [-0.3, -0.25) is 9.52 Å². The first-order valence-electron chi connectivity index (χ1n) is 9.45. The molecule has 10 nitrogen and oxygen atoms in total. The summed E-state index contributed by atoms with van der Waals surface area (Å²) in [6, 6.07) is 3.21. The van der Waals surface area contributed by atoms with Crippen molar-refractivity contribution in [1.82, 2.24) is 4.98 Å². The lowest BCUT2D eigenvalue weighted by Gasteiger charge is -2.23. The van der Waals surface area contributed by atoms with Gasteiger partial charge in [0.15, 0.2) is 11.6 Å². The van der Waals surface area contributed by atoms with Crippen LogP contribution >= 0.6 is 0 Å². The average molecular weight is 511 g/mol. The van der Waals surface area contributed by atoms with Crippen LogP contribution in [0.4, 0.5) is 40.4 Å². The molecule has 2 aromatic carbocycles. The van der Waals surface area contributed by atoms with Crippen molar-refractivity contribution >= 4 is 44.8 Å². The van der Waals surface area contributed by atoms with E-state index in [0.717, 1.165) is 17.2 Å². The Morgan fingerprint density at radius 3 is 2.43 bits per heavy atom. The zero-order chi connectivity index (χ0) is 25.7. The molecule has 182 valence electrons. The zero-order valence-electron chi connectivity index (χ0n) is 17.1. The summed E-state index contributed by atoms with van der Waals surface area (Å²) in [6.45, 7) is -0.250. The number of primary amides is 1. The van der Waals surface area contributed by atoms with Crippen LogP contribution in [0.5, 0.6) is 0 Å². The summed E-state index contributed by atoms with van der Waals surface area (Å²) in [6.07, 6.45) is 1.02. The van der Waals surface area contributed by atoms with Crippen molar-refractivity contribution in [2.75, 3.05) is 21.6 Å². The summed E-state index contributed by atoms with van der Waals surface area (Å²) in [4.78, 5) is 26.9. The number of nitrogens with one attached hydrogen (secondary N) is 2. The molecule has 15 heteroatoms. The smallest absolute Gasteiger partial charge is 0.337 e.